The van der Waals surface area contributed by atoms with Crippen molar-refractivity contribution in [2.24, 2.45) is 0 Å². The number of hydrogen-bond donors (Lipinski definition) is 1. The normalized spacial score (nSPS) is 12.6. The minimum atomic E-state index is -1.15. The van der Waals surface area contributed by atoms with E-state index >= 15 is 0 Å². The molecule has 6 heteroatoms. The summed E-state index contributed by atoms with van der Waals surface area (Å²) in [5, 5.41) is 2.41. The van der Waals surface area contributed by atoms with Gasteiger partial charge in [0.05, 0.1) is 26.5 Å². The van der Waals surface area contributed by atoms with E-state index < -0.39 is 10.8 Å². The summed E-state index contributed by atoms with van der Waals surface area (Å²) in [6.07, 6.45) is 0. The molecule has 2 aromatic rings. The lowest BCUT2D eigenvalue weighted by atomic mass is 10.3. The molecule has 2 rings (SSSR count). The average Bonchev–Trinajstić information content (AvgIpc) is 2.64. The monoisotopic (exact) mass is 349 g/mol. The molecule has 0 fully saturated rings. The summed E-state index contributed by atoms with van der Waals surface area (Å²) in [5.74, 6) is 0.460. The Labute approximate surface area is 119 Å². The van der Waals surface area contributed by atoms with Gasteiger partial charge >= 0.3 is 0 Å². The maximum Gasteiger partial charge on any atom is 0.0638 e. The van der Waals surface area contributed by atoms with Crippen LogP contribution in [0.25, 0.3) is 0 Å². The summed E-state index contributed by atoms with van der Waals surface area (Å²) in [4.78, 5) is 1.68. The molecule has 2 N–H and O–H groups in total. The molecule has 0 spiro atoms. The van der Waals surface area contributed by atoms with Crippen molar-refractivity contribution in [1.82, 2.24) is 0 Å². The van der Waals surface area contributed by atoms with Gasteiger partial charge in [-0.3, -0.25) is 4.21 Å². The second kappa shape index (κ2) is 5.52. The van der Waals surface area contributed by atoms with Gasteiger partial charge < -0.3 is 5.73 Å². The molecule has 1 heterocycles. The molecule has 0 aliphatic carbocycles. The molecule has 0 saturated carbocycles. The van der Waals surface area contributed by atoms with E-state index in [9.17, 15) is 4.21 Å². The highest BCUT2D eigenvalue weighted by Gasteiger charge is 2.12. The number of rotatable bonds is 3. The van der Waals surface area contributed by atoms with Crippen LogP contribution in [0, 0.1) is 0 Å². The zero-order valence-electron chi connectivity index (χ0n) is 8.65. The van der Waals surface area contributed by atoms with Gasteiger partial charge in [0.25, 0.3) is 0 Å². The number of anilines is 1. The van der Waals surface area contributed by atoms with Gasteiger partial charge in [-0.15, -0.1) is 11.3 Å². The van der Waals surface area contributed by atoms with Crippen LogP contribution < -0.4 is 5.73 Å². The SMILES string of the molecule is Nc1ccc(S(=O)Cc2sccc2Br)c(Cl)c1. The molecule has 90 valence electrons. The summed E-state index contributed by atoms with van der Waals surface area (Å²) >= 11 is 11.0. The molecule has 1 atom stereocenters. The quantitative estimate of drug-likeness (QED) is 0.848. The third-order valence-electron chi connectivity index (χ3n) is 2.15. The first-order valence-corrected chi connectivity index (χ1v) is 8.10. The largest absolute Gasteiger partial charge is 0.399 e. The van der Waals surface area contributed by atoms with E-state index in [0.29, 0.717) is 21.4 Å². The number of hydrogen-bond acceptors (Lipinski definition) is 3. The Morgan fingerprint density at radius 1 is 1.41 bits per heavy atom. The van der Waals surface area contributed by atoms with Crippen LogP contribution in [0.2, 0.25) is 5.02 Å². The lowest BCUT2D eigenvalue weighted by Crippen LogP contribution is -1.97. The minimum absolute atomic E-state index is 0.455. The zero-order chi connectivity index (χ0) is 12.4. The topological polar surface area (TPSA) is 43.1 Å². The van der Waals surface area contributed by atoms with E-state index in [2.05, 4.69) is 15.9 Å². The molecule has 1 unspecified atom stereocenters. The van der Waals surface area contributed by atoms with Crippen LogP contribution in [-0.2, 0) is 16.6 Å². The van der Waals surface area contributed by atoms with Gasteiger partial charge in [-0.2, -0.15) is 0 Å². The van der Waals surface area contributed by atoms with Gasteiger partial charge in [-0.25, -0.2) is 0 Å². The molecular weight excluding hydrogens is 342 g/mol. The molecule has 1 aromatic heterocycles. The first kappa shape index (κ1) is 13.1. The number of nitrogens with two attached hydrogens (primary N) is 1. The van der Waals surface area contributed by atoms with Crippen molar-refractivity contribution in [3.8, 4) is 0 Å². The zero-order valence-corrected chi connectivity index (χ0v) is 12.6. The summed E-state index contributed by atoms with van der Waals surface area (Å²) in [5.41, 5.74) is 6.18. The standard InChI is InChI=1S/C11H9BrClNOS2/c12-8-3-4-16-10(8)6-17(15)11-2-1-7(14)5-9(11)13/h1-5H,6,14H2. The van der Waals surface area contributed by atoms with Crippen LogP contribution in [0.5, 0.6) is 0 Å². The van der Waals surface area contributed by atoms with Crippen molar-refractivity contribution in [2.45, 2.75) is 10.6 Å². The van der Waals surface area contributed by atoms with Crippen LogP contribution >= 0.6 is 38.9 Å². The third kappa shape index (κ3) is 3.10. The fourth-order valence-electron chi connectivity index (χ4n) is 1.33. The van der Waals surface area contributed by atoms with Gasteiger partial charge in [0, 0.05) is 15.0 Å². The van der Waals surface area contributed by atoms with E-state index in [-0.39, 0.29) is 0 Å². The van der Waals surface area contributed by atoms with Crippen molar-refractivity contribution in [2.75, 3.05) is 5.73 Å². The lowest BCUT2D eigenvalue weighted by molar-refractivity contribution is 0.683. The fourth-order valence-corrected chi connectivity index (χ4v) is 4.87. The molecular formula is C11H9BrClNOS2. The number of nitrogen functional groups attached to an aromatic ring is 1. The number of halogens is 2. The van der Waals surface area contributed by atoms with E-state index in [0.717, 1.165) is 9.35 Å². The summed E-state index contributed by atoms with van der Waals surface area (Å²) in [6.45, 7) is 0. The van der Waals surface area contributed by atoms with Gasteiger partial charge in [0.2, 0.25) is 0 Å². The summed E-state index contributed by atoms with van der Waals surface area (Å²) < 4.78 is 13.2. The second-order valence-electron chi connectivity index (χ2n) is 3.37. The Morgan fingerprint density at radius 2 is 2.18 bits per heavy atom. The second-order valence-corrected chi connectivity index (χ2v) is 7.05. The highest BCUT2D eigenvalue weighted by molar-refractivity contribution is 9.10. The Balaban J connectivity index is 2.23. The third-order valence-corrected chi connectivity index (χ3v) is 6.09. The Hall–Kier alpha value is -0.360. The van der Waals surface area contributed by atoms with Crippen molar-refractivity contribution >= 4 is 55.4 Å². The number of thiophene rings is 1. The van der Waals surface area contributed by atoms with E-state index in [4.69, 9.17) is 17.3 Å². The number of benzene rings is 1. The molecule has 0 aliphatic heterocycles. The molecule has 2 nitrogen and oxygen atoms in total. The highest BCUT2D eigenvalue weighted by Crippen LogP contribution is 2.28. The van der Waals surface area contributed by atoms with Gasteiger partial charge in [0.1, 0.15) is 0 Å². The summed E-state index contributed by atoms with van der Waals surface area (Å²) in [6, 6.07) is 7.00. The first-order valence-electron chi connectivity index (χ1n) is 4.73. The Morgan fingerprint density at radius 3 is 2.76 bits per heavy atom. The predicted molar refractivity (Wildman–Crippen MR) is 78.0 cm³/mol. The summed E-state index contributed by atoms with van der Waals surface area (Å²) in [7, 11) is -1.15. The first-order chi connectivity index (χ1) is 8.08. The molecule has 1 aromatic carbocycles. The van der Waals surface area contributed by atoms with Crippen LogP contribution in [0.15, 0.2) is 39.0 Å². The average molecular weight is 351 g/mol. The lowest BCUT2D eigenvalue weighted by Gasteiger charge is -2.04. The van der Waals surface area contributed by atoms with E-state index in [1.54, 1.807) is 29.5 Å². The van der Waals surface area contributed by atoms with Gasteiger partial charge in [-0.1, -0.05) is 11.6 Å². The van der Waals surface area contributed by atoms with E-state index in [1.165, 1.54) is 0 Å². The van der Waals surface area contributed by atoms with Gasteiger partial charge in [-0.05, 0) is 45.6 Å². The van der Waals surface area contributed by atoms with Crippen molar-refractivity contribution in [1.29, 1.82) is 0 Å². The molecule has 0 radical (unpaired) electrons. The van der Waals surface area contributed by atoms with E-state index in [1.807, 2.05) is 11.4 Å². The van der Waals surface area contributed by atoms with Crippen molar-refractivity contribution < 1.29 is 4.21 Å². The molecule has 0 saturated heterocycles. The van der Waals surface area contributed by atoms with Crippen LogP contribution in [0.4, 0.5) is 5.69 Å². The van der Waals surface area contributed by atoms with Gasteiger partial charge in [0.15, 0.2) is 0 Å². The van der Waals surface area contributed by atoms with Crippen molar-refractivity contribution in [3.05, 3.63) is 44.0 Å². The van der Waals surface area contributed by atoms with Crippen LogP contribution in [-0.4, -0.2) is 4.21 Å². The molecule has 0 amide bonds. The highest BCUT2D eigenvalue weighted by atomic mass is 79.9. The fraction of sp³-hybridized carbons (Fsp3) is 0.0909. The maximum atomic E-state index is 12.2. The van der Waals surface area contributed by atoms with Crippen LogP contribution in [0.3, 0.4) is 0 Å². The Kier molecular flexibility index (Phi) is 4.25. The smallest absolute Gasteiger partial charge is 0.0638 e. The van der Waals surface area contributed by atoms with Crippen molar-refractivity contribution in [3.63, 3.8) is 0 Å². The minimum Gasteiger partial charge on any atom is -0.399 e. The molecule has 0 bridgehead atoms. The van der Waals surface area contributed by atoms with Crippen LogP contribution in [0.1, 0.15) is 4.88 Å². The molecule has 17 heavy (non-hydrogen) atoms. The Bertz CT molecular complexity index is 570. The molecule has 0 aliphatic rings. The maximum absolute atomic E-state index is 12.2. The predicted octanol–water partition coefficient (Wildman–Crippen LogP) is 4.05.